The smallest absolute Gasteiger partial charge is 0.244 e. The van der Waals surface area contributed by atoms with Crippen molar-refractivity contribution < 1.29 is 17.6 Å². The maximum atomic E-state index is 14.0. The van der Waals surface area contributed by atoms with Crippen LogP contribution in [-0.2, 0) is 14.8 Å². The fourth-order valence-electron chi connectivity index (χ4n) is 3.01. The van der Waals surface area contributed by atoms with Crippen LogP contribution in [0, 0.1) is 19.7 Å². The highest BCUT2D eigenvalue weighted by atomic mass is 32.2. The number of halogens is 1. The minimum atomic E-state index is -4.18. The first-order valence-electron chi connectivity index (χ1n) is 9.29. The highest BCUT2D eigenvalue weighted by Crippen LogP contribution is 2.20. The molecule has 0 saturated carbocycles. The van der Waals surface area contributed by atoms with Gasteiger partial charge < -0.3 is 5.32 Å². The van der Waals surface area contributed by atoms with Crippen LogP contribution in [0.1, 0.15) is 36.1 Å². The second kappa shape index (κ2) is 10.2. The summed E-state index contributed by atoms with van der Waals surface area (Å²) in [5.41, 5.74) is 3.08. The summed E-state index contributed by atoms with van der Waals surface area (Å²) in [7, 11) is -4.18. The number of hydrogen-bond donors (Lipinski definition) is 2. The predicted molar refractivity (Wildman–Crippen MR) is 116 cm³/mol. The van der Waals surface area contributed by atoms with Gasteiger partial charge in [0, 0.05) is 0 Å². The molecule has 2 unspecified atom stereocenters. The molecule has 0 bridgehead atoms. The molecule has 2 aromatic rings. The van der Waals surface area contributed by atoms with Gasteiger partial charge in [0.15, 0.2) is 0 Å². The zero-order chi connectivity index (χ0) is 21.6. The monoisotopic (exact) mass is 438 g/mol. The normalized spacial score (nSPS) is 13.7. The van der Waals surface area contributed by atoms with Crippen molar-refractivity contribution >= 4 is 27.7 Å². The van der Waals surface area contributed by atoms with Crippen LogP contribution in [0.4, 0.5) is 4.39 Å². The highest BCUT2D eigenvalue weighted by Gasteiger charge is 2.28. The van der Waals surface area contributed by atoms with Gasteiger partial charge in [0.05, 0.1) is 6.04 Å². The molecule has 2 rings (SSSR count). The topological polar surface area (TPSA) is 75.3 Å². The lowest BCUT2D eigenvalue weighted by molar-refractivity contribution is -0.123. The second-order valence-corrected chi connectivity index (χ2v) is 9.64. The first-order chi connectivity index (χ1) is 13.7. The molecule has 0 aliphatic rings. The van der Waals surface area contributed by atoms with Crippen LogP contribution in [-0.4, -0.2) is 32.4 Å². The third-order valence-electron chi connectivity index (χ3n) is 4.61. The molecule has 0 aliphatic heterocycles. The Morgan fingerprint density at radius 1 is 1.17 bits per heavy atom. The molecular weight excluding hydrogens is 411 g/mol. The van der Waals surface area contributed by atoms with E-state index in [0.717, 1.165) is 22.8 Å². The lowest BCUT2D eigenvalue weighted by Gasteiger charge is -2.22. The molecule has 0 saturated heterocycles. The molecule has 0 radical (unpaired) electrons. The van der Waals surface area contributed by atoms with E-state index in [1.165, 1.54) is 30.0 Å². The summed E-state index contributed by atoms with van der Waals surface area (Å²) in [5.74, 6) is -0.712. The molecule has 8 heteroatoms. The van der Waals surface area contributed by atoms with Crippen LogP contribution in [0.25, 0.3) is 0 Å². The van der Waals surface area contributed by atoms with Crippen LogP contribution in [0.15, 0.2) is 47.4 Å². The van der Waals surface area contributed by atoms with Gasteiger partial charge in [-0.25, -0.2) is 12.8 Å². The Labute approximate surface area is 176 Å². The Morgan fingerprint density at radius 2 is 1.86 bits per heavy atom. The summed E-state index contributed by atoms with van der Waals surface area (Å²) >= 11 is 1.50. The van der Waals surface area contributed by atoms with Crippen molar-refractivity contribution in [2.45, 2.75) is 44.2 Å². The molecule has 1 amide bonds. The molecule has 0 aromatic heterocycles. The Kier molecular flexibility index (Phi) is 8.24. The van der Waals surface area contributed by atoms with Gasteiger partial charge in [-0.2, -0.15) is 16.5 Å². The summed E-state index contributed by atoms with van der Waals surface area (Å²) in [5, 5.41) is 2.89. The van der Waals surface area contributed by atoms with Gasteiger partial charge in [-0.15, -0.1) is 0 Å². The van der Waals surface area contributed by atoms with Gasteiger partial charge >= 0.3 is 0 Å². The molecule has 0 fully saturated rings. The quantitative estimate of drug-likeness (QED) is 0.626. The molecule has 5 nitrogen and oxygen atoms in total. The van der Waals surface area contributed by atoms with E-state index in [-0.39, 0.29) is 6.04 Å². The van der Waals surface area contributed by atoms with Crippen LogP contribution in [0.3, 0.4) is 0 Å². The molecule has 0 heterocycles. The average Bonchev–Trinajstić information content (AvgIpc) is 2.67. The molecular formula is C21H27FN2O3S2. The number of benzene rings is 2. The highest BCUT2D eigenvalue weighted by molar-refractivity contribution is 7.98. The predicted octanol–water partition coefficient (Wildman–Crippen LogP) is 3.72. The number of amides is 1. The fourth-order valence-corrected chi connectivity index (χ4v) is 4.79. The van der Waals surface area contributed by atoms with E-state index in [1.54, 1.807) is 0 Å². The minimum absolute atomic E-state index is 0.292. The SMILES string of the molecule is CSCCC(NS(=O)(=O)c1ccccc1F)C(=O)NC(C)c1cc(C)ccc1C. The van der Waals surface area contributed by atoms with Gasteiger partial charge in [0.25, 0.3) is 0 Å². The molecule has 29 heavy (non-hydrogen) atoms. The maximum absolute atomic E-state index is 14.0. The van der Waals surface area contributed by atoms with Crippen LogP contribution < -0.4 is 10.0 Å². The first kappa shape index (κ1) is 23.4. The molecule has 2 N–H and O–H groups in total. The standard InChI is InChI=1S/C21H27FN2O3S2/c1-14-9-10-15(2)17(13-14)16(3)23-21(25)19(11-12-28-4)24-29(26,27)20-8-6-5-7-18(20)22/h5-10,13,16,19,24H,11-12H2,1-4H3,(H,23,25). The van der Waals surface area contributed by atoms with Gasteiger partial charge in [0.2, 0.25) is 15.9 Å². The zero-order valence-electron chi connectivity index (χ0n) is 17.0. The Hall–Kier alpha value is -1.90. The number of thioether (sulfide) groups is 1. The zero-order valence-corrected chi connectivity index (χ0v) is 18.7. The van der Waals surface area contributed by atoms with E-state index in [0.29, 0.717) is 12.2 Å². The fraction of sp³-hybridized carbons (Fsp3) is 0.381. The lowest BCUT2D eigenvalue weighted by Crippen LogP contribution is -2.47. The summed E-state index contributed by atoms with van der Waals surface area (Å²) in [6, 6.07) is 9.80. The third kappa shape index (κ3) is 6.29. The number of hydrogen-bond acceptors (Lipinski definition) is 4. The van der Waals surface area contributed by atoms with Crippen molar-refractivity contribution in [1.82, 2.24) is 10.0 Å². The van der Waals surface area contributed by atoms with Crippen LogP contribution in [0.5, 0.6) is 0 Å². The van der Waals surface area contributed by atoms with Crippen molar-refractivity contribution in [3.63, 3.8) is 0 Å². The minimum Gasteiger partial charge on any atom is -0.348 e. The van der Waals surface area contributed by atoms with E-state index < -0.39 is 32.7 Å². The Balaban J connectivity index is 2.21. The number of sulfonamides is 1. The lowest BCUT2D eigenvalue weighted by atomic mass is 9.99. The van der Waals surface area contributed by atoms with Crippen molar-refractivity contribution in [3.8, 4) is 0 Å². The summed E-state index contributed by atoms with van der Waals surface area (Å²) in [6.07, 6.45) is 2.17. The third-order valence-corrected chi connectivity index (χ3v) is 6.76. The molecule has 2 aromatic carbocycles. The van der Waals surface area contributed by atoms with E-state index in [4.69, 9.17) is 0 Å². The molecule has 0 spiro atoms. The number of aryl methyl sites for hydroxylation is 2. The molecule has 158 valence electrons. The number of rotatable bonds is 9. The van der Waals surface area contributed by atoms with Gasteiger partial charge in [-0.05, 0) is 62.5 Å². The van der Waals surface area contributed by atoms with Crippen molar-refractivity contribution in [2.24, 2.45) is 0 Å². The van der Waals surface area contributed by atoms with Gasteiger partial charge in [-0.1, -0.05) is 35.9 Å². The second-order valence-electron chi connectivity index (χ2n) is 6.98. The van der Waals surface area contributed by atoms with Gasteiger partial charge in [-0.3, -0.25) is 4.79 Å². The number of nitrogens with one attached hydrogen (secondary N) is 2. The Morgan fingerprint density at radius 3 is 2.52 bits per heavy atom. The number of carbonyl (C=O) groups excluding carboxylic acids is 1. The van der Waals surface area contributed by atoms with E-state index >= 15 is 0 Å². The van der Waals surface area contributed by atoms with Crippen LogP contribution in [0.2, 0.25) is 0 Å². The van der Waals surface area contributed by atoms with Crippen molar-refractivity contribution in [1.29, 1.82) is 0 Å². The Bertz CT molecular complexity index is 964. The maximum Gasteiger partial charge on any atom is 0.244 e. The molecule has 0 aliphatic carbocycles. The summed E-state index contributed by atoms with van der Waals surface area (Å²) < 4.78 is 41.6. The van der Waals surface area contributed by atoms with Gasteiger partial charge in [0.1, 0.15) is 16.8 Å². The number of carbonyl (C=O) groups is 1. The summed E-state index contributed by atoms with van der Waals surface area (Å²) in [4.78, 5) is 12.4. The summed E-state index contributed by atoms with van der Waals surface area (Å²) in [6.45, 7) is 5.79. The van der Waals surface area contributed by atoms with E-state index in [9.17, 15) is 17.6 Å². The van der Waals surface area contributed by atoms with Crippen LogP contribution >= 0.6 is 11.8 Å². The molecule has 2 atom stereocenters. The van der Waals surface area contributed by atoms with Crippen molar-refractivity contribution in [3.05, 3.63) is 65.0 Å². The first-order valence-corrected chi connectivity index (χ1v) is 12.2. The van der Waals surface area contributed by atoms with E-state index in [1.807, 2.05) is 45.2 Å². The largest absolute Gasteiger partial charge is 0.348 e. The van der Waals surface area contributed by atoms with Crippen molar-refractivity contribution in [2.75, 3.05) is 12.0 Å². The average molecular weight is 439 g/mol. The van der Waals surface area contributed by atoms with E-state index in [2.05, 4.69) is 10.0 Å².